The fraction of sp³-hybridized carbons (Fsp3) is 0.238. The number of esters is 1. The standard InChI is InChI=1S/C21H23NO3Si/c1-24-21(23)17-12-10-15(11-13-17)19-18(14-26(2,3)4)25-20(22-19)16-8-6-5-7-9-16/h5-13H,14H2,1-4H3. The first-order chi connectivity index (χ1) is 12.4. The first-order valence-corrected chi connectivity index (χ1v) is 12.3. The van der Waals surface area contributed by atoms with Crippen molar-refractivity contribution < 1.29 is 13.9 Å². The Balaban J connectivity index is 2.04. The minimum atomic E-state index is -1.39. The summed E-state index contributed by atoms with van der Waals surface area (Å²) in [4.78, 5) is 16.4. The minimum absolute atomic E-state index is 0.344. The van der Waals surface area contributed by atoms with Gasteiger partial charge in [-0.25, -0.2) is 9.78 Å². The Morgan fingerprint density at radius 1 is 1.00 bits per heavy atom. The number of hydrogen-bond donors (Lipinski definition) is 0. The fourth-order valence-corrected chi connectivity index (χ4v) is 3.97. The second kappa shape index (κ2) is 7.29. The monoisotopic (exact) mass is 365 g/mol. The lowest BCUT2D eigenvalue weighted by atomic mass is 10.1. The van der Waals surface area contributed by atoms with E-state index in [0.29, 0.717) is 11.5 Å². The van der Waals surface area contributed by atoms with Crippen molar-refractivity contribution in [1.82, 2.24) is 4.98 Å². The molecule has 0 bridgehead atoms. The Morgan fingerprint density at radius 3 is 2.23 bits per heavy atom. The molecule has 26 heavy (non-hydrogen) atoms. The molecule has 0 aliphatic rings. The molecule has 134 valence electrons. The van der Waals surface area contributed by atoms with Gasteiger partial charge in [-0.15, -0.1) is 0 Å². The predicted molar refractivity (Wildman–Crippen MR) is 106 cm³/mol. The van der Waals surface area contributed by atoms with Gasteiger partial charge < -0.3 is 9.15 Å². The number of hydrogen-bond acceptors (Lipinski definition) is 4. The zero-order valence-corrected chi connectivity index (χ0v) is 16.6. The molecule has 1 aromatic heterocycles. The summed E-state index contributed by atoms with van der Waals surface area (Å²) in [5.74, 6) is 1.20. The van der Waals surface area contributed by atoms with Crippen LogP contribution in [0.3, 0.4) is 0 Å². The van der Waals surface area contributed by atoms with E-state index in [9.17, 15) is 4.79 Å². The molecule has 4 nitrogen and oxygen atoms in total. The number of ether oxygens (including phenoxy) is 1. The second-order valence-corrected chi connectivity index (χ2v) is 12.9. The maximum absolute atomic E-state index is 11.7. The first-order valence-electron chi connectivity index (χ1n) is 8.61. The third-order valence-electron chi connectivity index (χ3n) is 3.99. The van der Waals surface area contributed by atoms with E-state index in [0.717, 1.165) is 28.6 Å². The van der Waals surface area contributed by atoms with Gasteiger partial charge in [0.05, 0.1) is 20.7 Å². The van der Waals surface area contributed by atoms with Gasteiger partial charge in [0.1, 0.15) is 11.5 Å². The van der Waals surface area contributed by atoms with E-state index in [1.807, 2.05) is 42.5 Å². The number of oxazole rings is 1. The number of methoxy groups -OCH3 is 1. The van der Waals surface area contributed by atoms with Crippen molar-refractivity contribution >= 4 is 14.0 Å². The zero-order valence-electron chi connectivity index (χ0n) is 15.6. The normalized spacial score (nSPS) is 11.4. The SMILES string of the molecule is COC(=O)c1ccc(-c2nc(-c3ccccc3)oc2C[Si](C)(C)C)cc1. The molecule has 0 saturated carbocycles. The van der Waals surface area contributed by atoms with E-state index in [-0.39, 0.29) is 5.97 Å². The molecule has 0 radical (unpaired) electrons. The Bertz CT molecular complexity index is 893. The number of carbonyl (C=O) groups excluding carboxylic acids is 1. The Morgan fingerprint density at radius 2 is 1.65 bits per heavy atom. The highest BCUT2D eigenvalue weighted by Crippen LogP contribution is 2.31. The van der Waals surface area contributed by atoms with Crippen LogP contribution in [0.25, 0.3) is 22.7 Å². The number of benzene rings is 2. The van der Waals surface area contributed by atoms with Crippen LogP contribution in [0.2, 0.25) is 19.6 Å². The third kappa shape index (κ3) is 4.11. The van der Waals surface area contributed by atoms with Crippen molar-refractivity contribution in [1.29, 1.82) is 0 Å². The van der Waals surface area contributed by atoms with Crippen LogP contribution < -0.4 is 0 Å². The van der Waals surface area contributed by atoms with Crippen LogP contribution in [0.5, 0.6) is 0 Å². The molecule has 1 heterocycles. The Kier molecular flexibility index (Phi) is 5.09. The van der Waals surface area contributed by atoms with Gasteiger partial charge in [-0.05, 0) is 24.3 Å². The van der Waals surface area contributed by atoms with Crippen LogP contribution in [0.15, 0.2) is 59.0 Å². The van der Waals surface area contributed by atoms with Crippen LogP contribution in [0.4, 0.5) is 0 Å². The molecule has 0 aliphatic heterocycles. The van der Waals surface area contributed by atoms with Crippen LogP contribution in [-0.4, -0.2) is 26.1 Å². The lowest BCUT2D eigenvalue weighted by Crippen LogP contribution is -2.23. The summed E-state index contributed by atoms with van der Waals surface area (Å²) in [6.45, 7) is 6.92. The van der Waals surface area contributed by atoms with E-state index in [2.05, 4.69) is 19.6 Å². The summed E-state index contributed by atoms with van der Waals surface area (Å²) >= 11 is 0. The number of nitrogens with zero attached hydrogens (tertiary/aromatic N) is 1. The van der Waals surface area contributed by atoms with E-state index in [4.69, 9.17) is 14.1 Å². The minimum Gasteiger partial charge on any atom is -0.465 e. The van der Waals surface area contributed by atoms with Crippen molar-refractivity contribution in [2.75, 3.05) is 7.11 Å². The van der Waals surface area contributed by atoms with Crippen LogP contribution in [-0.2, 0) is 10.8 Å². The van der Waals surface area contributed by atoms with Crippen LogP contribution in [0.1, 0.15) is 16.1 Å². The van der Waals surface area contributed by atoms with Crippen molar-refractivity contribution in [3.05, 3.63) is 65.9 Å². The van der Waals surface area contributed by atoms with Crippen molar-refractivity contribution in [2.24, 2.45) is 0 Å². The van der Waals surface area contributed by atoms with Crippen LogP contribution >= 0.6 is 0 Å². The topological polar surface area (TPSA) is 52.3 Å². The molecule has 0 amide bonds. The van der Waals surface area contributed by atoms with Crippen molar-refractivity contribution in [3.63, 3.8) is 0 Å². The molecule has 3 rings (SSSR count). The summed E-state index contributed by atoms with van der Waals surface area (Å²) in [5, 5.41) is 0. The van der Waals surface area contributed by atoms with Gasteiger partial charge in [-0.3, -0.25) is 0 Å². The number of rotatable bonds is 5. The molecular formula is C21H23NO3Si. The quantitative estimate of drug-likeness (QED) is 0.460. The van der Waals surface area contributed by atoms with Crippen LogP contribution in [0, 0.1) is 0 Å². The maximum atomic E-state index is 11.7. The highest BCUT2D eigenvalue weighted by atomic mass is 28.3. The zero-order chi connectivity index (χ0) is 18.7. The summed E-state index contributed by atoms with van der Waals surface area (Å²) in [5.41, 5.74) is 3.27. The smallest absolute Gasteiger partial charge is 0.337 e. The predicted octanol–water partition coefficient (Wildman–Crippen LogP) is 5.22. The average molecular weight is 366 g/mol. The van der Waals surface area contributed by atoms with Gasteiger partial charge in [0.2, 0.25) is 5.89 Å². The number of aromatic nitrogens is 1. The van der Waals surface area contributed by atoms with E-state index in [1.54, 1.807) is 12.1 Å². The summed E-state index contributed by atoms with van der Waals surface area (Å²) in [6.07, 6.45) is 0. The fourth-order valence-electron chi connectivity index (χ4n) is 2.77. The summed E-state index contributed by atoms with van der Waals surface area (Å²) in [6, 6.07) is 18.1. The highest BCUT2D eigenvalue weighted by molar-refractivity contribution is 6.75. The molecule has 0 unspecified atom stereocenters. The lowest BCUT2D eigenvalue weighted by Gasteiger charge is -2.14. The Labute approximate surface area is 154 Å². The number of carbonyl (C=O) groups is 1. The molecule has 5 heteroatoms. The van der Waals surface area contributed by atoms with Gasteiger partial charge in [-0.1, -0.05) is 50.0 Å². The lowest BCUT2D eigenvalue weighted by molar-refractivity contribution is 0.0601. The maximum Gasteiger partial charge on any atom is 0.337 e. The molecule has 3 aromatic rings. The third-order valence-corrected chi connectivity index (χ3v) is 5.37. The largest absolute Gasteiger partial charge is 0.465 e. The van der Waals surface area contributed by atoms with Crippen molar-refractivity contribution in [3.8, 4) is 22.7 Å². The summed E-state index contributed by atoms with van der Waals surface area (Å²) < 4.78 is 10.9. The molecule has 2 aromatic carbocycles. The van der Waals surface area contributed by atoms with Gasteiger partial charge >= 0.3 is 5.97 Å². The average Bonchev–Trinajstić information content (AvgIpc) is 3.04. The van der Waals surface area contributed by atoms with E-state index in [1.165, 1.54) is 7.11 Å². The van der Waals surface area contributed by atoms with Gasteiger partial charge in [0, 0.05) is 17.2 Å². The molecule has 0 fully saturated rings. The molecular weight excluding hydrogens is 342 g/mol. The van der Waals surface area contributed by atoms with Crippen molar-refractivity contribution in [2.45, 2.75) is 25.7 Å². The molecule has 0 N–H and O–H groups in total. The van der Waals surface area contributed by atoms with Gasteiger partial charge in [0.25, 0.3) is 0 Å². The van der Waals surface area contributed by atoms with E-state index >= 15 is 0 Å². The molecule has 0 atom stereocenters. The first kappa shape index (κ1) is 18.1. The molecule has 0 aliphatic carbocycles. The van der Waals surface area contributed by atoms with Gasteiger partial charge in [0.15, 0.2) is 0 Å². The Hall–Kier alpha value is -2.66. The molecule has 0 saturated heterocycles. The highest BCUT2D eigenvalue weighted by Gasteiger charge is 2.23. The summed E-state index contributed by atoms with van der Waals surface area (Å²) in [7, 11) is -0.0113. The second-order valence-electron chi connectivity index (χ2n) is 7.46. The van der Waals surface area contributed by atoms with E-state index < -0.39 is 8.07 Å². The van der Waals surface area contributed by atoms with Gasteiger partial charge in [-0.2, -0.15) is 0 Å². The molecule has 0 spiro atoms.